The topological polar surface area (TPSA) is 111 Å². The summed E-state index contributed by atoms with van der Waals surface area (Å²) in [4.78, 5) is 26.9. The number of carbonyl (C=O) groups is 1. The van der Waals surface area contributed by atoms with Crippen molar-refractivity contribution in [3.8, 4) is 11.5 Å². The molecule has 0 unspecified atom stereocenters. The fraction of sp³-hybridized carbons (Fsp3) is 0. The maximum atomic E-state index is 12.3. The monoisotopic (exact) mass is 433 g/mol. The number of hydrogen-bond donors (Lipinski definition) is 1. The average molecular weight is 434 g/mol. The molecule has 1 N–H and O–H groups in total. The number of nitrogens with one attached hydrogen (secondary N) is 1. The largest absolute Gasteiger partial charge is 0.436 e. The summed E-state index contributed by atoms with van der Waals surface area (Å²) >= 11 is 6.30. The molecule has 8 nitrogen and oxygen atoms in total. The predicted octanol–water partition coefficient (Wildman–Crippen LogP) is 6.05. The third kappa shape index (κ3) is 3.38. The van der Waals surface area contributed by atoms with Gasteiger partial charge in [0.05, 0.1) is 6.07 Å². The van der Waals surface area contributed by atoms with Gasteiger partial charge < -0.3 is 14.2 Å². The Balaban J connectivity index is 1.48. The van der Waals surface area contributed by atoms with Gasteiger partial charge in [-0.1, -0.05) is 35.9 Å². The van der Waals surface area contributed by atoms with Gasteiger partial charge in [0.25, 0.3) is 5.91 Å². The highest BCUT2D eigenvalue weighted by molar-refractivity contribution is 6.35. The number of carbonyl (C=O) groups excluding carboxylic acids is 1. The number of benzene rings is 3. The number of hydrogen-bond acceptors (Lipinski definition) is 6. The third-order valence-corrected chi connectivity index (χ3v) is 5.07. The maximum Gasteiger partial charge on any atom is 0.433 e. The van der Waals surface area contributed by atoms with Gasteiger partial charge in [0.2, 0.25) is 5.89 Å². The van der Waals surface area contributed by atoms with Crippen LogP contribution in [0.3, 0.4) is 0 Å². The molecule has 0 aliphatic heterocycles. The first kappa shape index (κ1) is 18.8. The maximum absolute atomic E-state index is 12.3. The average Bonchev–Trinajstić information content (AvgIpc) is 3.41. The highest BCUT2D eigenvalue weighted by Gasteiger charge is 2.18. The summed E-state index contributed by atoms with van der Waals surface area (Å²) in [6.07, 6.45) is 0. The molecule has 1 amide bonds. The van der Waals surface area contributed by atoms with Crippen LogP contribution >= 0.6 is 11.6 Å². The molecule has 152 valence electrons. The molecule has 9 heteroatoms. The molecule has 0 spiro atoms. The number of anilines is 1. The standard InChI is InChI=1S/C22H12ClN3O5/c23-16-6-2-3-13-14(16)4-1-5-15(13)22-25-17-11-12(7-8-18(17)31-22)24-21(27)19-9-10-20(30-19)26(28)29/h1-11H,(H,24,27). The Morgan fingerprint density at radius 2 is 1.81 bits per heavy atom. The van der Waals surface area contributed by atoms with Gasteiger partial charge in [0, 0.05) is 21.7 Å². The van der Waals surface area contributed by atoms with E-state index in [-0.39, 0.29) is 5.76 Å². The van der Waals surface area contributed by atoms with Gasteiger partial charge >= 0.3 is 5.88 Å². The van der Waals surface area contributed by atoms with Crippen LogP contribution in [0.5, 0.6) is 0 Å². The van der Waals surface area contributed by atoms with Crippen LogP contribution in [0.2, 0.25) is 5.02 Å². The second kappa shape index (κ2) is 7.26. The molecule has 3 aromatic carbocycles. The lowest BCUT2D eigenvalue weighted by Gasteiger charge is -2.04. The lowest BCUT2D eigenvalue weighted by molar-refractivity contribution is -0.402. The van der Waals surface area contributed by atoms with Crippen molar-refractivity contribution >= 4 is 51.0 Å². The van der Waals surface area contributed by atoms with Crippen molar-refractivity contribution in [3.63, 3.8) is 0 Å². The Kier molecular flexibility index (Phi) is 4.41. The third-order valence-electron chi connectivity index (χ3n) is 4.74. The molecule has 0 saturated heterocycles. The van der Waals surface area contributed by atoms with E-state index in [0.29, 0.717) is 27.7 Å². The lowest BCUT2D eigenvalue weighted by atomic mass is 10.0. The number of nitrogens with zero attached hydrogens (tertiary/aromatic N) is 2. The van der Waals surface area contributed by atoms with Crippen molar-refractivity contribution in [2.75, 3.05) is 5.32 Å². The van der Waals surface area contributed by atoms with Gasteiger partial charge in [-0.15, -0.1) is 0 Å². The van der Waals surface area contributed by atoms with E-state index < -0.39 is 16.7 Å². The zero-order chi connectivity index (χ0) is 21.5. The molecule has 0 atom stereocenters. The van der Waals surface area contributed by atoms with Crippen LogP contribution in [0.4, 0.5) is 11.6 Å². The Bertz CT molecular complexity index is 1490. The molecular weight excluding hydrogens is 422 g/mol. The molecule has 0 fully saturated rings. The summed E-state index contributed by atoms with van der Waals surface area (Å²) in [5, 5.41) is 15.8. The molecule has 31 heavy (non-hydrogen) atoms. The van der Waals surface area contributed by atoms with E-state index in [1.54, 1.807) is 18.2 Å². The zero-order valence-electron chi connectivity index (χ0n) is 15.7. The Hall–Kier alpha value is -4.17. The van der Waals surface area contributed by atoms with Gasteiger partial charge in [-0.3, -0.25) is 14.9 Å². The van der Waals surface area contributed by atoms with Gasteiger partial charge in [-0.05, 0) is 41.8 Å². The summed E-state index contributed by atoms with van der Waals surface area (Å²) in [5.41, 5.74) is 2.32. The van der Waals surface area contributed by atoms with E-state index in [9.17, 15) is 14.9 Å². The van der Waals surface area contributed by atoms with Crippen molar-refractivity contribution in [3.05, 3.63) is 87.6 Å². The van der Waals surface area contributed by atoms with Crippen LogP contribution in [-0.2, 0) is 0 Å². The highest BCUT2D eigenvalue weighted by atomic mass is 35.5. The van der Waals surface area contributed by atoms with E-state index in [1.165, 1.54) is 6.07 Å². The minimum absolute atomic E-state index is 0.166. The first-order valence-electron chi connectivity index (χ1n) is 9.13. The van der Waals surface area contributed by atoms with Crippen LogP contribution in [0, 0.1) is 10.1 Å². The van der Waals surface area contributed by atoms with Crippen LogP contribution in [0.1, 0.15) is 10.6 Å². The molecule has 0 aliphatic rings. The van der Waals surface area contributed by atoms with Crippen LogP contribution in [-0.4, -0.2) is 15.8 Å². The van der Waals surface area contributed by atoms with E-state index in [0.717, 1.165) is 22.4 Å². The number of halogens is 1. The lowest BCUT2D eigenvalue weighted by Crippen LogP contribution is -2.10. The van der Waals surface area contributed by atoms with Crippen LogP contribution < -0.4 is 5.32 Å². The summed E-state index contributed by atoms with van der Waals surface area (Å²) in [5.74, 6) is -0.856. The molecule has 2 heterocycles. The predicted molar refractivity (Wildman–Crippen MR) is 115 cm³/mol. The quantitative estimate of drug-likeness (QED) is 0.272. The SMILES string of the molecule is O=C(Nc1ccc2oc(-c3cccc4c(Cl)cccc34)nc2c1)c1ccc([N+](=O)[O-])o1. The number of fused-ring (bicyclic) bond motifs is 2. The van der Waals surface area contributed by atoms with Crippen LogP contribution in [0.25, 0.3) is 33.3 Å². The van der Waals surface area contributed by atoms with Crippen molar-refractivity contribution in [2.24, 2.45) is 0 Å². The Morgan fingerprint density at radius 1 is 1.00 bits per heavy atom. The number of aromatic nitrogens is 1. The number of oxazole rings is 1. The second-order valence-electron chi connectivity index (χ2n) is 6.69. The molecule has 0 radical (unpaired) electrons. The van der Waals surface area contributed by atoms with Crippen molar-refractivity contribution in [1.29, 1.82) is 0 Å². The molecule has 2 aromatic heterocycles. The normalized spacial score (nSPS) is 11.1. The molecule has 5 aromatic rings. The number of rotatable bonds is 4. The molecule has 5 rings (SSSR count). The summed E-state index contributed by atoms with van der Waals surface area (Å²) in [6.45, 7) is 0. The van der Waals surface area contributed by atoms with Gasteiger partial charge in [0.15, 0.2) is 11.3 Å². The summed E-state index contributed by atoms with van der Waals surface area (Å²) in [7, 11) is 0. The van der Waals surface area contributed by atoms with Crippen LogP contribution in [0.15, 0.2) is 75.6 Å². The molecule has 0 saturated carbocycles. The number of nitro groups is 1. The first-order chi connectivity index (χ1) is 15.0. The smallest absolute Gasteiger partial charge is 0.433 e. The van der Waals surface area contributed by atoms with E-state index in [2.05, 4.69) is 10.3 Å². The molecule has 0 bridgehead atoms. The molecular formula is C22H12ClN3O5. The fourth-order valence-corrected chi connectivity index (χ4v) is 3.56. The zero-order valence-corrected chi connectivity index (χ0v) is 16.4. The molecule has 0 aliphatic carbocycles. The summed E-state index contributed by atoms with van der Waals surface area (Å²) < 4.78 is 10.8. The van der Waals surface area contributed by atoms with E-state index in [4.69, 9.17) is 20.4 Å². The minimum Gasteiger partial charge on any atom is -0.436 e. The fourth-order valence-electron chi connectivity index (χ4n) is 3.32. The van der Waals surface area contributed by atoms with Gasteiger partial charge in [0.1, 0.15) is 10.4 Å². The van der Waals surface area contributed by atoms with Crippen molar-refractivity contribution in [2.45, 2.75) is 0 Å². The Morgan fingerprint density at radius 3 is 2.61 bits per heavy atom. The van der Waals surface area contributed by atoms with Gasteiger partial charge in [-0.2, -0.15) is 0 Å². The van der Waals surface area contributed by atoms with Crippen molar-refractivity contribution < 1.29 is 18.6 Å². The first-order valence-corrected chi connectivity index (χ1v) is 9.51. The Labute approximate surface area is 179 Å². The minimum atomic E-state index is -0.708. The van der Waals surface area contributed by atoms with E-state index in [1.807, 2.05) is 36.4 Å². The van der Waals surface area contributed by atoms with Gasteiger partial charge in [-0.25, -0.2) is 4.98 Å². The number of amides is 1. The van der Waals surface area contributed by atoms with E-state index >= 15 is 0 Å². The van der Waals surface area contributed by atoms with Crippen molar-refractivity contribution in [1.82, 2.24) is 4.98 Å². The second-order valence-corrected chi connectivity index (χ2v) is 7.10. The highest BCUT2D eigenvalue weighted by Crippen LogP contribution is 2.34. The summed E-state index contributed by atoms with van der Waals surface area (Å²) in [6, 6.07) is 18.7. The number of furan rings is 1.